The first-order valence-electron chi connectivity index (χ1n) is 22.7. The molecule has 14 rings (SSSR count). The van der Waals surface area contributed by atoms with Crippen LogP contribution >= 0.6 is 11.3 Å². The van der Waals surface area contributed by atoms with Crippen LogP contribution in [-0.2, 0) is 5.41 Å². The molecule has 2 heterocycles. The number of hydrogen-bond acceptors (Lipinski definition) is 2. The summed E-state index contributed by atoms with van der Waals surface area (Å²) in [7, 11) is 0. The van der Waals surface area contributed by atoms with Crippen LogP contribution in [0.25, 0.3) is 82.1 Å². The van der Waals surface area contributed by atoms with Crippen molar-refractivity contribution in [1.29, 1.82) is 0 Å². The molecular formula is C63H40N2S. The standard InChI is InChI=1S/C63H40N2S/c1-3-15-45(16-4-1)64(46-17-5-2-6-18-46)47-33-27-41(28-34-47)44-32-38-53-57(40-44)63(62-61(53)54-22-10-14-26-60(54)66-62)55-23-11-7-19-49(55)50-37-31-43(39-56(50)63)42-29-35-48(36-30-42)65-58-24-12-8-20-51(58)52-21-9-13-25-59(52)65/h1-40H. The summed E-state index contributed by atoms with van der Waals surface area (Å²) in [6.45, 7) is 0. The Kier molecular flexibility index (Phi) is 8.10. The second-order valence-electron chi connectivity index (χ2n) is 17.6. The number of fused-ring (bicyclic) bond motifs is 15. The molecule has 10 aromatic carbocycles. The third-order valence-electron chi connectivity index (χ3n) is 14.2. The summed E-state index contributed by atoms with van der Waals surface area (Å²) < 4.78 is 3.73. The molecule has 0 aliphatic heterocycles. The van der Waals surface area contributed by atoms with Gasteiger partial charge in [-0.2, -0.15) is 0 Å². The molecule has 3 heteroatoms. The van der Waals surface area contributed by atoms with Crippen LogP contribution in [0.2, 0.25) is 0 Å². The monoisotopic (exact) mass is 856 g/mol. The first kappa shape index (κ1) is 37.2. The van der Waals surface area contributed by atoms with Crippen molar-refractivity contribution in [3.8, 4) is 50.2 Å². The number of benzene rings is 10. The maximum absolute atomic E-state index is 2.51. The Morgan fingerprint density at radius 2 is 0.818 bits per heavy atom. The van der Waals surface area contributed by atoms with Crippen molar-refractivity contribution in [2.24, 2.45) is 0 Å². The predicted octanol–water partition coefficient (Wildman–Crippen LogP) is 17.1. The van der Waals surface area contributed by atoms with Crippen LogP contribution in [0.5, 0.6) is 0 Å². The van der Waals surface area contributed by atoms with E-state index in [1.807, 2.05) is 11.3 Å². The van der Waals surface area contributed by atoms with Crippen molar-refractivity contribution in [2.45, 2.75) is 5.41 Å². The molecule has 0 saturated carbocycles. The lowest BCUT2D eigenvalue weighted by Crippen LogP contribution is -2.25. The third-order valence-corrected chi connectivity index (χ3v) is 15.5. The van der Waals surface area contributed by atoms with E-state index in [0.717, 1.165) is 22.7 Å². The topological polar surface area (TPSA) is 8.17 Å². The van der Waals surface area contributed by atoms with Gasteiger partial charge in [-0.1, -0.05) is 164 Å². The summed E-state index contributed by atoms with van der Waals surface area (Å²) in [5.41, 5.74) is 20.7. The maximum atomic E-state index is 2.51. The van der Waals surface area contributed by atoms with Gasteiger partial charge in [0.2, 0.25) is 0 Å². The van der Waals surface area contributed by atoms with Crippen molar-refractivity contribution in [3.05, 3.63) is 264 Å². The number of aromatic nitrogens is 1. The van der Waals surface area contributed by atoms with Crippen molar-refractivity contribution >= 4 is 60.3 Å². The van der Waals surface area contributed by atoms with E-state index in [4.69, 9.17) is 0 Å². The minimum Gasteiger partial charge on any atom is -0.311 e. The predicted molar refractivity (Wildman–Crippen MR) is 278 cm³/mol. The number of rotatable bonds is 6. The van der Waals surface area contributed by atoms with Crippen LogP contribution in [-0.4, -0.2) is 4.57 Å². The Morgan fingerprint density at radius 3 is 1.47 bits per heavy atom. The fourth-order valence-electron chi connectivity index (χ4n) is 11.4. The molecule has 66 heavy (non-hydrogen) atoms. The minimum absolute atomic E-state index is 0.480. The summed E-state index contributed by atoms with van der Waals surface area (Å²) in [5.74, 6) is 0. The molecule has 0 N–H and O–H groups in total. The minimum atomic E-state index is -0.480. The molecule has 2 nitrogen and oxygen atoms in total. The van der Waals surface area contributed by atoms with Gasteiger partial charge >= 0.3 is 0 Å². The third kappa shape index (κ3) is 5.29. The van der Waals surface area contributed by atoms with Gasteiger partial charge in [-0.3, -0.25) is 0 Å². The van der Waals surface area contributed by atoms with E-state index in [2.05, 4.69) is 252 Å². The molecule has 1 spiro atoms. The number of para-hydroxylation sites is 4. The lowest BCUT2D eigenvalue weighted by atomic mass is 9.73. The van der Waals surface area contributed by atoms with Crippen molar-refractivity contribution < 1.29 is 0 Å². The molecular weight excluding hydrogens is 817 g/mol. The van der Waals surface area contributed by atoms with Gasteiger partial charge in [0.25, 0.3) is 0 Å². The summed E-state index contributed by atoms with van der Waals surface area (Å²) in [5, 5.41) is 3.88. The Labute approximate surface area is 387 Å². The van der Waals surface area contributed by atoms with Gasteiger partial charge in [0, 0.05) is 54.0 Å². The van der Waals surface area contributed by atoms with Crippen molar-refractivity contribution in [1.82, 2.24) is 4.57 Å². The van der Waals surface area contributed by atoms with E-state index in [-0.39, 0.29) is 0 Å². The van der Waals surface area contributed by atoms with Gasteiger partial charge in [-0.15, -0.1) is 11.3 Å². The number of nitrogens with zero attached hydrogens (tertiary/aromatic N) is 2. The summed E-state index contributed by atoms with van der Waals surface area (Å²) in [4.78, 5) is 3.74. The Morgan fingerprint density at radius 1 is 0.348 bits per heavy atom. The Balaban J connectivity index is 0.929. The average Bonchev–Trinajstić information content (AvgIpc) is 4.10. The smallest absolute Gasteiger partial charge is 0.0819 e. The highest BCUT2D eigenvalue weighted by atomic mass is 32.1. The van der Waals surface area contributed by atoms with Crippen LogP contribution in [0.4, 0.5) is 17.1 Å². The number of anilines is 3. The van der Waals surface area contributed by atoms with Crippen LogP contribution in [0.3, 0.4) is 0 Å². The summed E-state index contributed by atoms with van der Waals surface area (Å²) >= 11 is 1.96. The molecule has 0 saturated heterocycles. The van der Waals surface area contributed by atoms with Gasteiger partial charge in [-0.25, -0.2) is 0 Å². The Hall–Kier alpha value is -8.24. The molecule has 1 atom stereocenters. The van der Waals surface area contributed by atoms with Crippen LogP contribution in [0.1, 0.15) is 21.6 Å². The molecule has 2 aliphatic rings. The molecule has 1 unspecified atom stereocenters. The summed E-state index contributed by atoms with van der Waals surface area (Å²) in [6, 6.07) is 89.7. The molecule has 308 valence electrons. The second-order valence-corrected chi connectivity index (χ2v) is 18.6. The normalized spacial score (nSPS) is 14.4. The molecule has 12 aromatic rings. The fraction of sp³-hybridized carbons (Fsp3) is 0.0159. The molecule has 0 bridgehead atoms. The quantitative estimate of drug-likeness (QED) is 0.162. The molecule has 2 aromatic heterocycles. The lowest BCUT2D eigenvalue weighted by Gasteiger charge is -2.30. The van der Waals surface area contributed by atoms with Crippen LogP contribution in [0, 0.1) is 0 Å². The Bertz CT molecular complexity index is 3770. The number of thiophene rings is 1. The molecule has 0 fully saturated rings. The summed E-state index contributed by atoms with van der Waals surface area (Å²) in [6.07, 6.45) is 0. The van der Waals surface area contributed by atoms with Gasteiger partial charge < -0.3 is 9.47 Å². The van der Waals surface area contributed by atoms with E-state index in [1.165, 1.54) is 98.0 Å². The highest BCUT2D eigenvalue weighted by Crippen LogP contribution is 2.66. The molecule has 2 aliphatic carbocycles. The zero-order valence-corrected chi connectivity index (χ0v) is 36.7. The van der Waals surface area contributed by atoms with E-state index in [0.29, 0.717) is 0 Å². The first-order chi connectivity index (χ1) is 32.7. The fourth-order valence-corrected chi connectivity index (χ4v) is 12.8. The lowest BCUT2D eigenvalue weighted by molar-refractivity contribution is 0.812. The highest BCUT2D eigenvalue weighted by molar-refractivity contribution is 7.20. The first-order valence-corrected chi connectivity index (χ1v) is 23.6. The van der Waals surface area contributed by atoms with Gasteiger partial charge in [0.1, 0.15) is 0 Å². The maximum Gasteiger partial charge on any atom is 0.0819 e. The average molecular weight is 857 g/mol. The highest BCUT2D eigenvalue weighted by Gasteiger charge is 2.53. The SMILES string of the molecule is c1ccc(N(c2ccccc2)c2ccc(-c3ccc4c(c3)C3(c5ccccc5-c5ccc(-c6ccc(-n7c8ccccc8c8ccccc87)cc6)cc53)c3sc5ccccc5c3-4)cc2)cc1. The zero-order valence-electron chi connectivity index (χ0n) is 35.9. The zero-order chi connectivity index (χ0) is 43.3. The van der Waals surface area contributed by atoms with E-state index >= 15 is 0 Å². The van der Waals surface area contributed by atoms with Gasteiger partial charge in [0.15, 0.2) is 0 Å². The number of hydrogen-bond donors (Lipinski definition) is 0. The van der Waals surface area contributed by atoms with Crippen LogP contribution in [0.15, 0.2) is 243 Å². The van der Waals surface area contributed by atoms with Gasteiger partial charge in [-0.05, 0) is 134 Å². The molecule has 0 amide bonds. The van der Waals surface area contributed by atoms with Crippen molar-refractivity contribution in [2.75, 3.05) is 4.90 Å². The van der Waals surface area contributed by atoms with Gasteiger partial charge in [0.05, 0.1) is 16.4 Å². The van der Waals surface area contributed by atoms with E-state index in [9.17, 15) is 0 Å². The molecule has 0 radical (unpaired) electrons. The van der Waals surface area contributed by atoms with E-state index in [1.54, 1.807) is 0 Å². The second kappa shape index (κ2) is 14.4. The van der Waals surface area contributed by atoms with E-state index < -0.39 is 5.41 Å². The largest absolute Gasteiger partial charge is 0.311 e. The van der Waals surface area contributed by atoms with Crippen LogP contribution < -0.4 is 4.90 Å². The van der Waals surface area contributed by atoms with Crippen molar-refractivity contribution in [3.63, 3.8) is 0 Å².